The number of aryl methyl sites for hydroxylation is 1. The Morgan fingerprint density at radius 2 is 2.47 bits per heavy atom. The van der Waals surface area contributed by atoms with Crippen LogP contribution in [-0.2, 0) is 18.3 Å². The molecule has 0 aliphatic carbocycles. The van der Waals surface area contributed by atoms with Gasteiger partial charge in [-0.15, -0.1) is 10.2 Å². The summed E-state index contributed by atoms with van der Waals surface area (Å²) in [6.45, 7) is 5.06. The van der Waals surface area contributed by atoms with E-state index in [-0.39, 0.29) is 0 Å². The van der Waals surface area contributed by atoms with Gasteiger partial charge < -0.3 is 19.9 Å². The number of aliphatic imine (C=N–C) groups is 1. The lowest BCUT2D eigenvalue weighted by Gasteiger charge is -2.14. The van der Waals surface area contributed by atoms with Gasteiger partial charge in [-0.1, -0.05) is 0 Å². The molecule has 1 atom stereocenters. The van der Waals surface area contributed by atoms with Crippen LogP contribution in [0, 0.1) is 0 Å². The van der Waals surface area contributed by atoms with Crippen LogP contribution in [-0.4, -0.2) is 46.5 Å². The summed E-state index contributed by atoms with van der Waals surface area (Å²) in [4.78, 5) is 4.49. The normalized spacial score (nSPS) is 19.7. The quantitative estimate of drug-likeness (QED) is 0.582. The largest absolute Gasteiger partial charge is 0.376 e. The molecule has 0 amide bonds. The lowest BCUT2D eigenvalue weighted by atomic mass is 10.2. The van der Waals surface area contributed by atoms with Crippen molar-refractivity contribution in [1.82, 2.24) is 25.4 Å². The number of rotatable bonds is 5. The number of ether oxygens (including phenoxy) is 1. The first-order valence-corrected chi connectivity index (χ1v) is 6.76. The van der Waals surface area contributed by atoms with Crippen LogP contribution in [0.3, 0.4) is 0 Å². The molecule has 106 valence electrons. The molecule has 1 aromatic rings. The van der Waals surface area contributed by atoms with Crippen LogP contribution < -0.4 is 10.6 Å². The number of aromatic nitrogens is 3. The van der Waals surface area contributed by atoms with Crippen molar-refractivity contribution in [3.8, 4) is 0 Å². The predicted molar refractivity (Wildman–Crippen MR) is 72.8 cm³/mol. The highest BCUT2D eigenvalue weighted by molar-refractivity contribution is 5.79. The van der Waals surface area contributed by atoms with Gasteiger partial charge in [0.1, 0.15) is 12.9 Å². The minimum Gasteiger partial charge on any atom is -0.376 e. The molecular formula is C12H22N6O. The number of hydrogen-bond donors (Lipinski definition) is 2. The summed E-state index contributed by atoms with van der Waals surface area (Å²) in [7, 11) is 1.91. The van der Waals surface area contributed by atoms with E-state index in [1.165, 1.54) is 0 Å². The molecule has 0 spiro atoms. The summed E-state index contributed by atoms with van der Waals surface area (Å²) in [5.74, 6) is 1.63. The van der Waals surface area contributed by atoms with Crippen LogP contribution >= 0.6 is 0 Å². The summed E-state index contributed by atoms with van der Waals surface area (Å²) in [5.41, 5.74) is 0. The van der Waals surface area contributed by atoms with E-state index in [0.717, 1.165) is 44.3 Å². The summed E-state index contributed by atoms with van der Waals surface area (Å²) >= 11 is 0. The van der Waals surface area contributed by atoms with Gasteiger partial charge in [0.15, 0.2) is 11.8 Å². The Kier molecular flexibility index (Phi) is 5.14. The fourth-order valence-corrected chi connectivity index (χ4v) is 1.96. The van der Waals surface area contributed by atoms with Crippen molar-refractivity contribution in [3.63, 3.8) is 0 Å². The average Bonchev–Trinajstić information content (AvgIpc) is 3.04. The van der Waals surface area contributed by atoms with E-state index in [2.05, 4.69) is 25.8 Å². The topological polar surface area (TPSA) is 76.4 Å². The highest BCUT2D eigenvalue weighted by Crippen LogP contribution is 2.10. The Morgan fingerprint density at radius 3 is 3.11 bits per heavy atom. The Balaban J connectivity index is 1.85. The predicted octanol–water partition coefficient (Wildman–Crippen LogP) is 0.0492. The minimum atomic E-state index is 0.304. The van der Waals surface area contributed by atoms with Gasteiger partial charge in [-0.05, 0) is 19.8 Å². The molecule has 1 unspecified atom stereocenters. The number of hydrogen-bond acceptors (Lipinski definition) is 4. The molecule has 7 heteroatoms. The Bertz CT molecular complexity index is 410. The zero-order chi connectivity index (χ0) is 13.5. The van der Waals surface area contributed by atoms with Gasteiger partial charge in [0.2, 0.25) is 0 Å². The highest BCUT2D eigenvalue weighted by atomic mass is 16.5. The second-order valence-corrected chi connectivity index (χ2v) is 4.57. The van der Waals surface area contributed by atoms with E-state index >= 15 is 0 Å². The second kappa shape index (κ2) is 7.08. The van der Waals surface area contributed by atoms with Crippen molar-refractivity contribution < 1.29 is 4.74 Å². The van der Waals surface area contributed by atoms with E-state index in [1.807, 2.05) is 18.5 Å². The van der Waals surface area contributed by atoms with Gasteiger partial charge in [0.25, 0.3) is 0 Å². The second-order valence-electron chi connectivity index (χ2n) is 4.57. The summed E-state index contributed by atoms with van der Waals surface area (Å²) < 4.78 is 7.45. The number of nitrogens with one attached hydrogen (secondary N) is 2. The van der Waals surface area contributed by atoms with Gasteiger partial charge in [0.05, 0.1) is 6.10 Å². The fraction of sp³-hybridized carbons (Fsp3) is 0.750. The molecule has 1 aromatic heterocycles. The third-order valence-corrected chi connectivity index (χ3v) is 3.05. The van der Waals surface area contributed by atoms with Crippen molar-refractivity contribution in [3.05, 3.63) is 12.2 Å². The Hall–Kier alpha value is -1.63. The van der Waals surface area contributed by atoms with Crippen molar-refractivity contribution in [2.45, 2.75) is 32.4 Å². The van der Waals surface area contributed by atoms with E-state index in [0.29, 0.717) is 12.6 Å². The highest BCUT2D eigenvalue weighted by Gasteiger charge is 2.15. The first-order chi connectivity index (χ1) is 9.29. The zero-order valence-corrected chi connectivity index (χ0v) is 11.6. The molecule has 0 radical (unpaired) electrons. The van der Waals surface area contributed by atoms with Gasteiger partial charge in [0, 0.05) is 26.7 Å². The smallest absolute Gasteiger partial charge is 0.191 e. The molecule has 1 fully saturated rings. The third kappa shape index (κ3) is 4.20. The van der Waals surface area contributed by atoms with Crippen LogP contribution in [0.5, 0.6) is 0 Å². The number of nitrogens with zero attached hydrogens (tertiary/aromatic N) is 4. The SMILES string of the molecule is CCNC(=NCc1nncn1C)NCC1CCCO1. The molecule has 0 saturated carbocycles. The average molecular weight is 266 g/mol. The van der Waals surface area contributed by atoms with E-state index in [1.54, 1.807) is 6.33 Å². The van der Waals surface area contributed by atoms with Crippen LogP contribution in [0.1, 0.15) is 25.6 Å². The number of guanidine groups is 1. The molecule has 1 aliphatic rings. The maximum absolute atomic E-state index is 5.58. The Labute approximate surface area is 113 Å². The van der Waals surface area contributed by atoms with Gasteiger partial charge in [-0.25, -0.2) is 4.99 Å². The maximum Gasteiger partial charge on any atom is 0.191 e. The molecule has 2 N–H and O–H groups in total. The van der Waals surface area contributed by atoms with Crippen molar-refractivity contribution in [2.75, 3.05) is 19.7 Å². The lowest BCUT2D eigenvalue weighted by Crippen LogP contribution is -2.41. The molecule has 1 aliphatic heterocycles. The van der Waals surface area contributed by atoms with Gasteiger partial charge >= 0.3 is 0 Å². The van der Waals surface area contributed by atoms with Gasteiger partial charge in [-0.3, -0.25) is 0 Å². The lowest BCUT2D eigenvalue weighted by molar-refractivity contribution is 0.114. The summed E-state index contributed by atoms with van der Waals surface area (Å²) in [6, 6.07) is 0. The van der Waals surface area contributed by atoms with Crippen LogP contribution in [0.25, 0.3) is 0 Å². The molecule has 19 heavy (non-hydrogen) atoms. The molecule has 2 rings (SSSR count). The molecule has 0 bridgehead atoms. The minimum absolute atomic E-state index is 0.304. The molecule has 1 saturated heterocycles. The maximum atomic E-state index is 5.58. The first-order valence-electron chi connectivity index (χ1n) is 6.76. The summed E-state index contributed by atoms with van der Waals surface area (Å²) in [6.07, 6.45) is 4.25. The van der Waals surface area contributed by atoms with Crippen molar-refractivity contribution in [1.29, 1.82) is 0 Å². The fourth-order valence-electron chi connectivity index (χ4n) is 1.96. The third-order valence-electron chi connectivity index (χ3n) is 3.05. The monoisotopic (exact) mass is 266 g/mol. The van der Waals surface area contributed by atoms with Crippen molar-refractivity contribution >= 4 is 5.96 Å². The molecule has 0 aromatic carbocycles. The van der Waals surface area contributed by atoms with Crippen LogP contribution in [0.4, 0.5) is 0 Å². The molecule has 7 nitrogen and oxygen atoms in total. The van der Waals surface area contributed by atoms with E-state index in [4.69, 9.17) is 4.74 Å². The van der Waals surface area contributed by atoms with Crippen LogP contribution in [0.15, 0.2) is 11.3 Å². The molecular weight excluding hydrogens is 244 g/mol. The standard InChI is InChI=1S/C12H22N6O/c1-3-13-12(14-7-10-5-4-6-19-10)15-8-11-17-16-9-18(11)2/h9-10H,3-8H2,1-2H3,(H2,13,14,15). The van der Waals surface area contributed by atoms with Crippen molar-refractivity contribution in [2.24, 2.45) is 12.0 Å². The summed E-state index contributed by atoms with van der Waals surface area (Å²) in [5, 5.41) is 14.4. The van der Waals surface area contributed by atoms with Crippen LogP contribution in [0.2, 0.25) is 0 Å². The van der Waals surface area contributed by atoms with Gasteiger partial charge in [-0.2, -0.15) is 0 Å². The van der Waals surface area contributed by atoms with E-state index < -0.39 is 0 Å². The zero-order valence-electron chi connectivity index (χ0n) is 11.6. The molecule has 2 heterocycles. The van der Waals surface area contributed by atoms with E-state index in [9.17, 15) is 0 Å². The Morgan fingerprint density at radius 1 is 1.58 bits per heavy atom. The first kappa shape index (κ1) is 13.8.